The summed E-state index contributed by atoms with van der Waals surface area (Å²) in [5.74, 6) is -0.302. The Balaban J connectivity index is 2.45. The van der Waals surface area contributed by atoms with Gasteiger partial charge in [-0.25, -0.2) is 4.79 Å². The van der Waals surface area contributed by atoms with Gasteiger partial charge >= 0.3 is 12.1 Å². The number of carbonyl (C=O) groups is 2. The third kappa shape index (κ3) is 6.64. The summed E-state index contributed by atoms with van der Waals surface area (Å²) in [6.45, 7) is 13.3. The monoisotopic (exact) mass is 314 g/mol. The summed E-state index contributed by atoms with van der Waals surface area (Å²) in [7, 11) is 0. The van der Waals surface area contributed by atoms with Gasteiger partial charge in [-0.05, 0) is 40.7 Å². The zero-order chi connectivity index (χ0) is 16.8. The standard InChI is InChI=1S/C16H30N2O4/c1-6-21-14(19)13(2)12-17-8-7-9-18(11-10-17)15(20)22-16(3,4)5/h13H,6-12H2,1-5H3. The minimum absolute atomic E-state index is 0.145. The zero-order valence-electron chi connectivity index (χ0n) is 14.6. The summed E-state index contributed by atoms with van der Waals surface area (Å²) >= 11 is 0. The highest BCUT2D eigenvalue weighted by atomic mass is 16.6. The molecule has 1 aliphatic rings. The van der Waals surface area contributed by atoms with Gasteiger partial charge in [0.25, 0.3) is 0 Å². The maximum atomic E-state index is 12.1. The number of carbonyl (C=O) groups excluding carboxylic acids is 2. The lowest BCUT2D eigenvalue weighted by atomic mass is 10.1. The van der Waals surface area contributed by atoms with Gasteiger partial charge in [0.2, 0.25) is 0 Å². The average molecular weight is 314 g/mol. The van der Waals surface area contributed by atoms with Gasteiger partial charge in [0, 0.05) is 26.2 Å². The molecular weight excluding hydrogens is 284 g/mol. The van der Waals surface area contributed by atoms with Gasteiger partial charge in [-0.15, -0.1) is 0 Å². The lowest BCUT2D eigenvalue weighted by Gasteiger charge is -2.27. The van der Waals surface area contributed by atoms with Crippen molar-refractivity contribution in [2.75, 3.05) is 39.3 Å². The van der Waals surface area contributed by atoms with Crippen molar-refractivity contribution in [2.45, 2.75) is 46.6 Å². The lowest BCUT2D eigenvalue weighted by molar-refractivity contribution is -0.148. The zero-order valence-corrected chi connectivity index (χ0v) is 14.6. The fourth-order valence-corrected chi connectivity index (χ4v) is 2.41. The molecule has 22 heavy (non-hydrogen) atoms. The predicted octanol–water partition coefficient (Wildman–Crippen LogP) is 2.13. The molecule has 6 heteroatoms. The van der Waals surface area contributed by atoms with Crippen LogP contribution in [0.2, 0.25) is 0 Å². The first kappa shape index (κ1) is 18.7. The number of hydrogen-bond donors (Lipinski definition) is 0. The molecule has 128 valence electrons. The Bertz CT molecular complexity index is 379. The molecule has 1 saturated heterocycles. The highest BCUT2D eigenvalue weighted by Gasteiger charge is 2.25. The number of esters is 1. The molecule has 0 saturated carbocycles. The highest BCUT2D eigenvalue weighted by molar-refractivity contribution is 5.72. The van der Waals surface area contributed by atoms with Gasteiger partial charge in [-0.3, -0.25) is 4.79 Å². The van der Waals surface area contributed by atoms with E-state index in [-0.39, 0.29) is 18.0 Å². The summed E-state index contributed by atoms with van der Waals surface area (Å²) in [6.07, 6.45) is 0.627. The first-order chi connectivity index (χ1) is 10.2. The van der Waals surface area contributed by atoms with E-state index < -0.39 is 5.60 Å². The van der Waals surface area contributed by atoms with E-state index in [1.54, 1.807) is 4.90 Å². The predicted molar refractivity (Wildman–Crippen MR) is 84.7 cm³/mol. The van der Waals surface area contributed by atoms with E-state index in [0.717, 1.165) is 19.5 Å². The van der Waals surface area contributed by atoms with Crippen LogP contribution in [0.3, 0.4) is 0 Å². The second-order valence-electron chi connectivity index (χ2n) is 6.77. The van der Waals surface area contributed by atoms with Gasteiger partial charge in [-0.2, -0.15) is 0 Å². The van der Waals surface area contributed by atoms with Crippen molar-refractivity contribution in [3.8, 4) is 0 Å². The number of rotatable bonds is 4. The topological polar surface area (TPSA) is 59.1 Å². The number of amides is 1. The SMILES string of the molecule is CCOC(=O)C(C)CN1CCCN(C(=O)OC(C)(C)C)CC1. The van der Waals surface area contributed by atoms with Crippen LogP contribution >= 0.6 is 0 Å². The Morgan fingerprint density at radius 2 is 1.82 bits per heavy atom. The third-order valence-electron chi connectivity index (χ3n) is 3.46. The van der Waals surface area contributed by atoms with Crippen LogP contribution in [-0.4, -0.2) is 66.8 Å². The van der Waals surface area contributed by atoms with E-state index in [2.05, 4.69) is 4.90 Å². The number of hydrogen-bond acceptors (Lipinski definition) is 5. The molecule has 0 radical (unpaired) electrons. The van der Waals surface area contributed by atoms with Crippen LogP contribution in [0.15, 0.2) is 0 Å². The first-order valence-electron chi connectivity index (χ1n) is 8.10. The summed E-state index contributed by atoms with van der Waals surface area (Å²) in [4.78, 5) is 27.8. The minimum Gasteiger partial charge on any atom is -0.466 e. The van der Waals surface area contributed by atoms with Crippen LogP contribution in [0, 0.1) is 5.92 Å². The quantitative estimate of drug-likeness (QED) is 0.744. The van der Waals surface area contributed by atoms with Gasteiger partial charge < -0.3 is 19.3 Å². The summed E-state index contributed by atoms with van der Waals surface area (Å²) in [5, 5.41) is 0. The Morgan fingerprint density at radius 3 is 2.41 bits per heavy atom. The molecule has 0 bridgehead atoms. The second-order valence-corrected chi connectivity index (χ2v) is 6.77. The van der Waals surface area contributed by atoms with Gasteiger partial charge in [0.05, 0.1) is 12.5 Å². The van der Waals surface area contributed by atoms with Crippen LogP contribution in [0.1, 0.15) is 41.0 Å². The summed E-state index contributed by atoms with van der Waals surface area (Å²) in [5.41, 5.74) is -0.471. The van der Waals surface area contributed by atoms with E-state index in [9.17, 15) is 9.59 Å². The largest absolute Gasteiger partial charge is 0.466 e. The van der Waals surface area contributed by atoms with Crippen LogP contribution in [0.4, 0.5) is 4.79 Å². The molecular formula is C16H30N2O4. The fourth-order valence-electron chi connectivity index (χ4n) is 2.41. The van der Waals surface area contributed by atoms with Gasteiger partial charge in [-0.1, -0.05) is 6.92 Å². The molecule has 0 aromatic carbocycles. The molecule has 0 aliphatic carbocycles. The Labute approximate surface area is 133 Å². The van der Waals surface area contributed by atoms with E-state index in [4.69, 9.17) is 9.47 Å². The van der Waals surface area contributed by atoms with Crippen molar-refractivity contribution in [1.82, 2.24) is 9.80 Å². The van der Waals surface area contributed by atoms with Crippen molar-refractivity contribution >= 4 is 12.1 Å². The first-order valence-corrected chi connectivity index (χ1v) is 8.10. The van der Waals surface area contributed by atoms with E-state index in [1.807, 2.05) is 34.6 Å². The molecule has 1 unspecified atom stereocenters. The van der Waals surface area contributed by atoms with E-state index in [1.165, 1.54) is 0 Å². The molecule has 1 amide bonds. The van der Waals surface area contributed by atoms with Crippen LogP contribution < -0.4 is 0 Å². The number of nitrogens with zero attached hydrogens (tertiary/aromatic N) is 2. The van der Waals surface area contributed by atoms with Crippen LogP contribution in [-0.2, 0) is 14.3 Å². The lowest BCUT2D eigenvalue weighted by Crippen LogP contribution is -2.40. The molecule has 0 aromatic rings. The molecule has 0 spiro atoms. The van der Waals surface area contributed by atoms with Crippen molar-refractivity contribution < 1.29 is 19.1 Å². The molecule has 1 heterocycles. The molecule has 6 nitrogen and oxygen atoms in total. The normalized spacial score (nSPS) is 18.5. The Morgan fingerprint density at radius 1 is 1.14 bits per heavy atom. The van der Waals surface area contributed by atoms with Gasteiger partial charge in [0.15, 0.2) is 0 Å². The van der Waals surface area contributed by atoms with Gasteiger partial charge in [0.1, 0.15) is 5.60 Å². The smallest absolute Gasteiger partial charge is 0.410 e. The van der Waals surface area contributed by atoms with Crippen LogP contribution in [0.25, 0.3) is 0 Å². The Hall–Kier alpha value is -1.30. The van der Waals surface area contributed by atoms with E-state index in [0.29, 0.717) is 26.2 Å². The number of ether oxygens (including phenoxy) is 2. The molecule has 0 aromatic heterocycles. The van der Waals surface area contributed by atoms with Crippen molar-refractivity contribution in [2.24, 2.45) is 5.92 Å². The minimum atomic E-state index is -0.471. The highest BCUT2D eigenvalue weighted by Crippen LogP contribution is 2.13. The van der Waals surface area contributed by atoms with E-state index >= 15 is 0 Å². The average Bonchev–Trinajstić information content (AvgIpc) is 2.62. The Kier molecular flexibility index (Phi) is 7.13. The molecule has 1 rings (SSSR count). The van der Waals surface area contributed by atoms with Crippen molar-refractivity contribution in [3.63, 3.8) is 0 Å². The van der Waals surface area contributed by atoms with Crippen molar-refractivity contribution in [1.29, 1.82) is 0 Å². The maximum absolute atomic E-state index is 12.1. The summed E-state index contributed by atoms with van der Waals surface area (Å²) < 4.78 is 10.5. The molecule has 0 N–H and O–H groups in total. The summed E-state index contributed by atoms with van der Waals surface area (Å²) in [6, 6.07) is 0. The van der Waals surface area contributed by atoms with Crippen molar-refractivity contribution in [3.05, 3.63) is 0 Å². The molecule has 1 aliphatic heterocycles. The third-order valence-corrected chi connectivity index (χ3v) is 3.46. The second kappa shape index (κ2) is 8.36. The van der Waals surface area contributed by atoms with Crippen LogP contribution in [0.5, 0.6) is 0 Å². The molecule has 1 fully saturated rings. The maximum Gasteiger partial charge on any atom is 0.410 e. The fraction of sp³-hybridized carbons (Fsp3) is 0.875. The molecule has 1 atom stereocenters.